The maximum Gasteiger partial charge on any atom is 0.207 e. The number of benzene rings is 1. The van der Waals surface area contributed by atoms with Crippen LogP contribution in [0.5, 0.6) is 23.0 Å². The number of hydrogen-bond acceptors (Lipinski definition) is 5. The zero-order valence-electron chi connectivity index (χ0n) is 12.7. The topological polar surface area (TPSA) is 54.0 Å². The van der Waals surface area contributed by atoms with Crippen molar-refractivity contribution in [2.24, 2.45) is 0 Å². The number of rotatable bonds is 6. The van der Waals surface area contributed by atoms with E-state index < -0.39 is 0 Å². The second kappa shape index (κ2) is 6.84. The van der Waals surface area contributed by atoms with E-state index in [0.717, 1.165) is 17.4 Å². The number of carbonyl (C=O) groups excluding carboxylic acids is 1. The summed E-state index contributed by atoms with van der Waals surface area (Å²) in [7, 11) is 6.15. The minimum Gasteiger partial charge on any atom is -0.492 e. The van der Waals surface area contributed by atoms with Crippen LogP contribution in [-0.2, 0) is 4.79 Å². The van der Waals surface area contributed by atoms with Crippen molar-refractivity contribution in [1.29, 1.82) is 0 Å². The van der Waals surface area contributed by atoms with Crippen LogP contribution in [0.4, 0.5) is 0 Å². The number of methoxy groups -OCH3 is 4. The van der Waals surface area contributed by atoms with E-state index in [1.165, 1.54) is 21.3 Å². The predicted octanol–water partition coefficient (Wildman–Crippen LogP) is 2.63. The summed E-state index contributed by atoms with van der Waals surface area (Å²) in [5, 5.41) is 0. The number of carbonyl (C=O) groups is 1. The molecule has 0 bridgehead atoms. The summed E-state index contributed by atoms with van der Waals surface area (Å²) in [6, 6.07) is 0. The van der Waals surface area contributed by atoms with Crippen molar-refractivity contribution < 1.29 is 23.7 Å². The second-order valence-corrected chi connectivity index (χ2v) is 4.18. The van der Waals surface area contributed by atoms with Gasteiger partial charge in [-0.15, -0.1) is 0 Å². The molecule has 0 aliphatic carbocycles. The summed E-state index contributed by atoms with van der Waals surface area (Å²) in [5.41, 5.74) is 2.11. The molecule has 1 aromatic carbocycles. The highest BCUT2D eigenvalue weighted by molar-refractivity contribution is 5.85. The summed E-state index contributed by atoms with van der Waals surface area (Å²) in [5.74, 6) is 1.95. The number of ether oxygens (including phenoxy) is 4. The minimum atomic E-state index is 0.433. The van der Waals surface area contributed by atoms with Crippen molar-refractivity contribution >= 4 is 12.4 Å². The third-order valence-electron chi connectivity index (χ3n) is 2.98. The largest absolute Gasteiger partial charge is 0.492 e. The molecule has 1 aromatic rings. The molecule has 0 unspecified atom stereocenters. The van der Waals surface area contributed by atoms with Gasteiger partial charge in [-0.05, 0) is 25.5 Å². The average Bonchev–Trinajstić information content (AvgIpc) is 2.47. The first-order valence-electron chi connectivity index (χ1n) is 6.05. The van der Waals surface area contributed by atoms with Crippen molar-refractivity contribution in [2.75, 3.05) is 28.4 Å². The number of hydrogen-bond donors (Lipinski definition) is 0. The Hall–Kier alpha value is -2.17. The molecule has 0 spiro atoms. The van der Waals surface area contributed by atoms with E-state index in [9.17, 15) is 4.79 Å². The van der Waals surface area contributed by atoms with Crippen LogP contribution in [0.2, 0.25) is 0 Å². The van der Waals surface area contributed by atoms with Gasteiger partial charge in [0.2, 0.25) is 11.5 Å². The van der Waals surface area contributed by atoms with E-state index in [0.29, 0.717) is 28.6 Å². The second-order valence-electron chi connectivity index (χ2n) is 4.18. The van der Waals surface area contributed by atoms with Gasteiger partial charge in [-0.3, -0.25) is 4.79 Å². The molecule has 0 N–H and O–H groups in total. The van der Waals surface area contributed by atoms with Crippen LogP contribution in [0.25, 0.3) is 6.08 Å². The van der Waals surface area contributed by atoms with Crippen molar-refractivity contribution in [2.45, 2.75) is 13.8 Å². The normalized spacial score (nSPS) is 11.0. The molecule has 5 heteroatoms. The third kappa shape index (κ3) is 2.71. The lowest BCUT2D eigenvalue weighted by molar-refractivity contribution is -0.104. The van der Waals surface area contributed by atoms with Gasteiger partial charge in [0.15, 0.2) is 11.5 Å². The Morgan fingerprint density at radius 3 is 1.70 bits per heavy atom. The first-order valence-corrected chi connectivity index (χ1v) is 6.05. The van der Waals surface area contributed by atoms with Gasteiger partial charge >= 0.3 is 0 Å². The minimum absolute atomic E-state index is 0.433. The van der Waals surface area contributed by atoms with Gasteiger partial charge in [0.1, 0.15) is 6.29 Å². The maximum absolute atomic E-state index is 10.9. The van der Waals surface area contributed by atoms with Crippen LogP contribution in [0, 0.1) is 6.92 Å². The summed E-state index contributed by atoms with van der Waals surface area (Å²) in [4.78, 5) is 10.9. The Bertz CT molecular complexity index is 532. The van der Waals surface area contributed by atoms with Crippen molar-refractivity contribution in [3.8, 4) is 23.0 Å². The Morgan fingerprint density at radius 2 is 1.30 bits per heavy atom. The summed E-state index contributed by atoms with van der Waals surface area (Å²) < 4.78 is 21.5. The molecule has 0 atom stereocenters. The van der Waals surface area contributed by atoms with E-state index in [1.54, 1.807) is 20.1 Å². The quantitative estimate of drug-likeness (QED) is 0.592. The Balaban J connectivity index is 3.78. The van der Waals surface area contributed by atoms with E-state index >= 15 is 0 Å². The van der Waals surface area contributed by atoms with Crippen LogP contribution in [0.3, 0.4) is 0 Å². The summed E-state index contributed by atoms with van der Waals surface area (Å²) in [6.07, 6.45) is 2.51. The molecule has 0 radical (unpaired) electrons. The molecule has 1 rings (SSSR count). The molecule has 0 aromatic heterocycles. The molecule has 0 saturated carbocycles. The highest BCUT2D eigenvalue weighted by Crippen LogP contribution is 2.49. The van der Waals surface area contributed by atoms with Crippen LogP contribution < -0.4 is 18.9 Å². The highest BCUT2D eigenvalue weighted by atomic mass is 16.5. The van der Waals surface area contributed by atoms with Crippen LogP contribution in [0.15, 0.2) is 5.57 Å². The van der Waals surface area contributed by atoms with Crippen LogP contribution in [0.1, 0.15) is 18.1 Å². The molecule has 0 amide bonds. The zero-order chi connectivity index (χ0) is 15.3. The molecular formula is C15H20O5. The molecule has 5 nitrogen and oxygen atoms in total. The van der Waals surface area contributed by atoms with Gasteiger partial charge in [0.25, 0.3) is 0 Å². The molecule has 0 saturated heterocycles. The van der Waals surface area contributed by atoms with E-state index in [-0.39, 0.29) is 0 Å². The number of allylic oxidation sites excluding steroid dienone is 1. The summed E-state index contributed by atoms with van der Waals surface area (Å²) in [6.45, 7) is 3.59. The standard InChI is InChI=1S/C15H20O5/c1-9(8-16)7-11-10(2)12(17-3)14(19-5)15(20-6)13(11)18-4/h7-8H,1-6H3/b9-7+. The van der Waals surface area contributed by atoms with Gasteiger partial charge in [-0.2, -0.15) is 0 Å². The predicted molar refractivity (Wildman–Crippen MR) is 77.1 cm³/mol. The monoisotopic (exact) mass is 280 g/mol. The molecule has 20 heavy (non-hydrogen) atoms. The molecule has 0 fully saturated rings. The van der Waals surface area contributed by atoms with E-state index in [4.69, 9.17) is 18.9 Å². The van der Waals surface area contributed by atoms with Crippen molar-refractivity contribution in [1.82, 2.24) is 0 Å². The molecule has 0 heterocycles. The molecule has 0 aliphatic rings. The van der Waals surface area contributed by atoms with Crippen LogP contribution in [-0.4, -0.2) is 34.7 Å². The molecular weight excluding hydrogens is 260 g/mol. The van der Waals surface area contributed by atoms with Gasteiger partial charge in [0.05, 0.1) is 28.4 Å². The lowest BCUT2D eigenvalue weighted by Crippen LogP contribution is -2.03. The first-order chi connectivity index (χ1) is 9.55. The van der Waals surface area contributed by atoms with Crippen molar-refractivity contribution in [3.05, 3.63) is 16.7 Å². The van der Waals surface area contributed by atoms with Gasteiger partial charge in [-0.1, -0.05) is 0 Å². The average molecular weight is 280 g/mol. The third-order valence-corrected chi connectivity index (χ3v) is 2.98. The summed E-state index contributed by atoms with van der Waals surface area (Å²) >= 11 is 0. The molecule has 0 aliphatic heterocycles. The Labute approximate surface area is 119 Å². The van der Waals surface area contributed by atoms with Gasteiger partial charge in [-0.25, -0.2) is 0 Å². The Kier molecular flexibility index (Phi) is 5.43. The fourth-order valence-electron chi connectivity index (χ4n) is 2.05. The first kappa shape index (κ1) is 15.9. The maximum atomic E-state index is 10.9. The number of aldehydes is 1. The van der Waals surface area contributed by atoms with Gasteiger partial charge < -0.3 is 18.9 Å². The van der Waals surface area contributed by atoms with Crippen LogP contribution >= 0.6 is 0 Å². The van der Waals surface area contributed by atoms with E-state index in [2.05, 4.69) is 0 Å². The Morgan fingerprint density at radius 1 is 0.850 bits per heavy atom. The molecule has 110 valence electrons. The van der Waals surface area contributed by atoms with Crippen molar-refractivity contribution in [3.63, 3.8) is 0 Å². The lowest BCUT2D eigenvalue weighted by Gasteiger charge is -2.20. The fourth-order valence-corrected chi connectivity index (χ4v) is 2.05. The smallest absolute Gasteiger partial charge is 0.207 e. The van der Waals surface area contributed by atoms with E-state index in [1.807, 2.05) is 6.92 Å². The fraction of sp³-hybridized carbons (Fsp3) is 0.400. The highest BCUT2D eigenvalue weighted by Gasteiger charge is 2.24. The lowest BCUT2D eigenvalue weighted by atomic mass is 10.0. The zero-order valence-corrected chi connectivity index (χ0v) is 12.7. The van der Waals surface area contributed by atoms with Gasteiger partial charge in [0, 0.05) is 11.1 Å². The SMILES string of the molecule is COc1c(C)c(/C=C(\C)C=O)c(OC)c(OC)c1OC.